The van der Waals surface area contributed by atoms with Crippen molar-refractivity contribution < 1.29 is 9.53 Å². The number of fused-ring (bicyclic) bond motifs is 4. The van der Waals surface area contributed by atoms with Crippen LogP contribution in [0.4, 0.5) is 5.69 Å². The zero-order valence-electron chi connectivity index (χ0n) is 23.7. The fraction of sp³-hybridized carbons (Fsp3) is 0.212. The zero-order chi connectivity index (χ0) is 29.5. The third kappa shape index (κ3) is 5.46. The van der Waals surface area contributed by atoms with Crippen molar-refractivity contribution in [3.8, 4) is 22.0 Å². The number of hydrogen-bond acceptors (Lipinski definition) is 8. The number of ether oxygens (including phenoxy) is 1. The highest BCUT2D eigenvalue weighted by atomic mass is 32.2. The molecular weight excluding hydrogens is 597 g/mol. The van der Waals surface area contributed by atoms with E-state index in [1.807, 2.05) is 54.6 Å². The molecule has 7 nitrogen and oxygen atoms in total. The van der Waals surface area contributed by atoms with Gasteiger partial charge in [0.1, 0.15) is 15.6 Å². The molecule has 216 valence electrons. The lowest BCUT2D eigenvalue weighted by molar-refractivity contribution is -0.113. The molecule has 0 saturated carbocycles. The molecule has 0 atom stereocenters. The first-order chi connectivity index (χ1) is 21.0. The van der Waals surface area contributed by atoms with Crippen LogP contribution in [0.25, 0.3) is 36.7 Å². The predicted molar refractivity (Wildman–Crippen MR) is 178 cm³/mol. The van der Waals surface area contributed by atoms with E-state index in [0.29, 0.717) is 27.7 Å². The molecule has 0 unspecified atom stereocenters. The lowest BCUT2D eigenvalue weighted by Gasteiger charge is -2.14. The number of methoxy groups -OCH3 is 1. The Bertz CT molecular complexity index is 2040. The Morgan fingerprint density at radius 3 is 2.58 bits per heavy atom. The number of thiophene rings is 1. The van der Waals surface area contributed by atoms with Crippen molar-refractivity contribution in [2.45, 2.75) is 37.8 Å². The Labute approximate surface area is 260 Å². The minimum Gasteiger partial charge on any atom is -0.497 e. The largest absolute Gasteiger partial charge is 0.497 e. The second kappa shape index (κ2) is 11.6. The highest BCUT2D eigenvalue weighted by molar-refractivity contribution is 7.99. The summed E-state index contributed by atoms with van der Waals surface area (Å²) in [6, 6.07) is 21.4. The summed E-state index contributed by atoms with van der Waals surface area (Å²) in [5.41, 5.74) is 5.66. The number of carbonyl (C=O) groups is 1. The second-order valence-electron chi connectivity index (χ2n) is 10.5. The van der Waals surface area contributed by atoms with Gasteiger partial charge in [0.15, 0.2) is 5.16 Å². The summed E-state index contributed by atoms with van der Waals surface area (Å²) in [4.78, 5) is 38.7. The monoisotopic (exact) mass is 624 g/mol. The summed E-state index contributed by atoms with van der Waals surface area (Å²) in [5.74, 6) is 0.643. The fourth-order valence-electron chi connectivity index (χ4n) is 5.42. The maximum atomic E-state index is 14.0. The predicted octanol–water partition coefficient (Wildman–Crippen LogP) is 7.65. The van der Waals surface area contributed by atoms with Crippen molar-refractivity contribution in [3.05, 3.63) is 93.1 Å². The topological polar surface area (TPSA) is 86.1 Å². The average molecular weight is 625 g/mol. The molecule has 0 bridgehead atoms. The van der Waals surface area contributed by atoms with Crippen LogP contribution in [0, 0.1) is 6.92 Å². The van der Waals surface area contributed by atoms with Gasteiger partial charge < -0.3 is 10.1 Å². The average Bonchev–Trinajstić information content (AvgIpc) is 3.62. The Hall–Kier alpha value is -3.99. The number of benzene rings is 3. The van der Waals surface area contributed by atoms with E-state index >= 15 is 0 Å². The normalized spacial score (nSPS) is 12.9. The van der Waals surface area contributed by atoms with Gasteiger partial charge in [-0.3, -0.25) is 14.2 Å². The van der Waals surface area contributed by atoms with Crippen LogP contribution in [-0.2, 0) is 17.6 Å². The van der Waals surface area contributed by atoms with Crippen LogP contribution < -0.4 is 15.6 Å². The molecular formula is C33H28N4O3S3. The maximum absolute atomic E-state index is 14.0. The van der Waals surface area contributed by atoms with Crippen molar-refractivity contribution in [2.24, 2.45) is 0 Å². The Balaban J connectivity index is 1.13. The van der Waals surface area contributed by atoms with E-state index in [2.05, 4.69) is 24.4 Å². The molecule has 3 heterocycles. The number of aryl methyl sites for hydroxylation is 3. The lowest BCUT2D eigenvalue weighted by atomic mass is 9.97. The first-order valence-electron chi connectivity index (χ1n) is 14.1. The molecule has 0 fully saturated rings. The molecule has 0 radical (unpaired) electrons. The van der Waals surface area contributed by atoms with Crippen molar-refractivity contribution in [3.63, 3.8) is 0 Å². The molecule has 0 spiro atoms. The van der Waals surface area contributed by atoms with Crippen LogP contribution in [0.1, 0.15) is 28.8 Å². The summed E-state index contributed by atoms with van der Waals surface area (Å²) < 4.78 is 8.12. The van der Waals surface area contributed by atoms with E-state index < -0.39 is 0 Å². The van der Waals surface area contributed by atoms with Gasteiger partial charge in [-0.15, -0.1) is 22.7 Å². The first-order valence-corrected chi connectivity index (χ1v) is 16.7. The van der Waals surface area contributed by atoms with Gasteiger partial charge in [0.25, 0.3) is 5.56 Å². The molecule has 6 aromatic rings. The SMILES string of the molecule is COc1ccc(-n2c(SCC(=O)Nc3ccc(-c4nc5ccc(C)cc5s4)cc3)nc3sc4c(c3c2=O)CCCC4)cc1. The molecule has 43 heavy (non-hydrogen) atoms. The summed E-state index contributed by atoms with van der Waals surface area (Å²) in [6.45, 7) is 2.08. The molecule has 7 rings (SSSR count). The van der Waals surface area contributed by atoms with Gasteiger partial charge in [-0.2, -0.15) is 0 Å². The number of amides is 1. The van der Waals surface area contributed by atoms with Gasteiger partial charge in [-0.05, 0) is 104 Å². The molecule has 0 saturated heterocycles. The van der Waals surface area contributed by atoms with Crippen LogP contribution in [0.3, 0.4) is 0 Å². The van der Waals surface area contributed by atoms with E-state index in [0.717, 1.165) is 56.9 Å². The van der Waals surface area contributed by atoms with E-state index in [9.17, 15) is 9.59 Å². The maximum Gasteiger partial charge on any atom is 0.267 e. The number of anilines is 1. The van der Waals surface area contributed by atoms with Gasteiger partial charge in [0.05, 0.1) is 34.2 Å². The number of nitrogens with zero attached hydrogens (tertiary/aromatic N) is 3. The number of aromatic nitrogens is 3. The van der Waals surface area contributed by atoms with Gasteiger partial charge >= 0.3 is 0 Å². The summed E-state index contributed by atoms with van der Waals surface area (Å²) in [6.07, 6.45) is 4.11. The smallest absolute Gasteiger partial charge is 0.267 e. The van der Waals surface area contributed by atoms with Gasteiger partial charge in [-0.1, -0.05) is 17.8 Å². The fourth-order valence-corrected chi connectivity index (χ4v) is 8.61. The summed E-state index contributed by atoms with van der Waals surface area (Å²) in [7, 11) is 1.61. The van der Waals surface area contributed by atoms with Crippen molar-refractivity contribution in [1.29, 1.82) is 0 Å². The van der Waals surface area contributed by atoms with E-state index in [-0.39, 0.29) is 17.2 Å². The molecule has 1 amide bonds. The molecule has 3 aromatic carbocycles. The van der Waals surface area contributed by atoms with E-state index in [1.54, 1.807) is 34.4 Å². The van der Waals surface area contributed by atoms with Crippen LogP contribution in [0.5, 0.6) is 5.75 Å². The number of nitrogens with one attached hydrogen (secondary N) is 1. The van der Waals surface area contributed by atoms with Crippen LogP contribution in [-0.4, -0.2) is 33.3 Å². The van der Waals surface area contributed by atoms with Gasteiger partial charge in [-0.25, -0.2) is 9.97 Å². The quantitative estimate of drug-likeness (QED) is 0.145. The van der Waals surface area contributed by atoms with Crippen LogP contribution in [0.2, 0.25) is 0 Å². The first kappa shape index (κ1) is 27.8. The van der Waals surface area contributed by atoms with Crippen LogP contribution >= 0.6 is 34.4 Å². The van der Waals surface area contributed by atoms with Crippen molar-refractivity contribution >= 4 is 66.5 Å². The Kier molecular flexibility index (Phi) is 7.50. The molecule has 1 aliphatic carbocycles. The number of thioether (sulfide) groups is 1. The van der Waals surface area contributed by atoms with Crippen LogP contribution in [0.15, 0.2) is 76.7 Å². The van der Waals surface area contributed by atoms with Crippen molar-refractivity contribution in [1.82, 2.24) is 14.5 Å². The Morgan fingerprint density at radius 1 is 1.00 bits per heavy atom. The standard InChI is InChI=1S/C33H28N4O3S3/c1-19-7-16-25-27(17-19)43-30(35-25)20-8-10-21(11-9-20)34-28(38)18-41-33-36-31-29(24-5-3-4-6-26(24)42-31)32(39)37(33)22-12-14-23(40-2)15-13-22/h7-17H,3-6,18H2,1-2H3,(H,34,38). The number of carbonyl (C=O) groups excluding carboxylic acids is 1. The third-order valence-electron chi connectivity index (χ3n) is 7.58. The number of thiazole rings is 1. The minimum absolute atomic E-state index is 0.0851. The zero-order valence-corrected chi connectivity index (χ0v) is 26.1. The summed E-state index contributed by atoms with van der Waals surface area (Å²) >= 11 is 4.54. The number of hydrogen-bond donors (Lipinski definition) is 1. The number of rotatable bonds is 7. The highest BCUT2D eigenvalue weighted by Gasteiger charge is 2.23. The van der Waals surface area contributed by atoms with Crippen molar-refractivity contribution in [2.75, 3.05) is 18.2 Å². The summed E-state index contributed by atoms with van der Waals surface area (Å²) in [5, 5.41) is 5.14. The van der Waals surface area contributed by atoms with Gasteiger partial charge in [0.2, 0.25) is 5.91 Å². The lowest BCUT2D eigenvalue weighted by Crippen LogP contribution is -2.23. The third-order valence-corrected chi connectivity index (χ3v) is 10.8. The molecule has 1 N–H and O–H groups in total. The van der Waals surface area contributed by atoms with E-state index in [4.69, 9.17) is 14.7 Å². The highest BCUT2D eigenvalue weighted by Crippen LogP contribution is 2.36. The molecule has 3 aromatic heterocycles. The molecule has 1 aliphatic rings. The molecule has 0 aliphatic heterocycles. The second-order valence-corrected chi connectivity index (χ2v) is 13.6. The minimum atomic E-state index is -0.172. The molecule has 10 heteroatoms. The van der Waals surface area contributed by atoms with Gasteiger partial charge in [0, 0.05) is 16.1 Å². The Morgan fingerprint density at radius 2 is 1.79 bits per heavy atom. The van der Waals surface area contributed by atoms with E-state index in [1.165, 1.54) is 22.2 Å².